The fraction of sp³-hybridized carbons (Fsp3) is 0.562. The van der Waals surface area contributed by atoms with Gasteiger partial charge in [0, 0.05) is 31.3 Å². The van der Waals surface area contributed by atoms with Crippen LogP contribution in [0.1, 0.15) is 43.0 Å². The number of aromatic nitrogens is 3. The zero-order valence-corrected chi connectivity index (χ0v) is 12.9. The Morgan fingerprint density at radius 1 is 1.41 bits per heavy atom. The molecular formula is C16H22N4O2. The zero-order chi connectivity index (χ0) is 15.5. The van der Waals surface area contributed by atoms with Crippen LogP contribution < -0.4 is 0 Å². The van der Waals surface area contributed by atoms with Gasteiger partial charge in [0.1, 0.15) is 5.52 Å². The summed E-state index contributed by atoms with van der Waals surface area (Å²) in [7, 11) is 0. The minimum Gasteiger partial charge on any atom is -0.396 e. The van der Waals surface area contributed by atoms with Crippen molar-refractivity contribution in [2.24, 2.45) is 0 Å². The van der Waals surface area contributed by atoms with E-state index in [1.165, 1.54) is 0 Å². The second-order valence-corrected chi connectivity index (χ2v) is 5.77. The van der Waals surface area contributed by atoms with Gasteiger partial charge in [-0.25, -0.2) is 4.68 Å². The van der Waals surface area contributed by atoms with Crippen molar-refractivity contribution in [1.29, 1.82) is 0 Å². The average Bonchev–Trinajstić information content (AvgIpc) is 3.29. The first-order valence-electron chi connectivity index (χ1n) is 7.99. The minimum atomic E-state index is 0.0633. The van der Waals surface area contributed by atoms with Crippen LogP contribution in [0.2, 0.25) is 0 Å². The SMILES string of the molecule is CCn1nnc2cc(C(=O)N(CCCCO)C3CC3)ccc21. The Morgan fingerprint density at radius 2 is 2.23 bits per heavy atom. The molecule has 3 rings (SSSR count). The monoisotopic (exact) mass is 302 g/mol. The van der Waals surface area contributed by atoms with E-state index in [-0.39, 0.29) is 12.5 Å². The van der Waals surface area contributed by atoms with Gasteiger partial charge in [-0.05, 0) is 50.8 Å². The first-order valence-corrected chi connectivity index (χ1v) is 7.99. The number of aryl methyl sites for hydroxylation is 1. The van der Waals surface area contributed by atoms with Gasteiger partial charge in [-0.15, -0.1) is 5.10 Å². The zero-order valence-electron chi connectivity index (χ0n) is 12.9. The molecule has 1 amide bonds. The van der Waals surface area contributed by atoms with E-state index in [1.54, 1.807) is 0 Å². The smallest absolute Gasteiger partial charge is 0.254 e. The van der Waals surface area contributed by atoms with Gasteiger partial charge in [0.15, 0.2) is 0 Å². The van der Waals surface area contributed by atoms with E-state index in [2.05, 4.69) is 10.3 Å². The number of nitrogens with zero attached hydrogens (tertiary/aromatic N) is 4. The van der Waals surface area contributed by atoms with Gasteiger partial charge < -0.3 is 10.0 Å². The van der Waals surface area contributed by atoms with Crippen molar-refractivity contribution >= 4 is 16.9 Å². The predicted molar refractivity (Wildman–Crippen MR) is 83.6 cm³/mol. The molecule has 1 aromatic carbocycles. The van der Waals surface area contributed by atoms with Crippen molar-refractivity contribution in [1.82, 2.24) is 19.9 Å². The minimum absolute atomic E-state index is 0.0633. The molecule has 1 aliphatic rings. The van der Waals surface area contributed by atoms with Crippen molar-refractivity contribution < 1.29 is 9.90 Å². The Balaban J connectivity index is 1.80. The summed E-state index contributed by atoms with van der Waals surface area (Å²) in [6.45, 7) is 3.67. The first kappa shape index (κ1) is 15.0. The number of aliphatic hydroxyl groups is 1. The van der Waals surface area contributed by atoms with Crippen LogP contribution in [0.4, 0.5) is 0 Å². The highest BCUT2D eigenvalue weighted by Crippen LogP contribution is 2.29. The molecule has 1 N–H and O–H groups in total. The Kier molecular flexibility index (Phi) is 4.38. The fourth-order valence-corrected chi connectivity index (χ4v) is 2.73. The molecule has 0 spiro atoms. The predicted octanol–water partition coefficient (Wildman–Crippen LogP) is 1.83. The summed E-state index contributed by atoms with van der Waals surface area (Å²) in [6, 6.07) is 5.98. The Bertz CT molecular complexity index is 663. The van der Waals surface area contributed by atoms with Crippen LogP contribution in [-0.4, -0.2) is 50.1 Å². The van der Waals surface area contributed by atoms with Crippen LogP contribution in [0.5, 0.6) is 0 Å². The second-order valence-electron chi connectivity index (χ2n) is 5.77. The number of fused-ring (bicyclic) bond motifs is 1. The van der Waals surface area contributed by atoms with Crippen molar-refractivity contribution in [2.75, 3.05) is 13.2 Å². The summed E-state index contributed by atoms with van der Waals surface area (Å²) >= 11 is 0. The number of carbonyl (C=O) groups is 1. The van der Waals surface area contributed by atoms with Crippen molar-refractivity contribution in [3.8, 4) is 0 Å². The molecule has 0 bridgehead atoms. The molecule has 0 unspecified atom stereocenters. The van der Waals surface area contributed by atoms with Crippen molar-refractivity contribution in [3.63, 3.8) is 0 Å². The molecule has 6 nitrogen and oxygen atoms in total. The molecule has 1 aromatic heterocycles. The van der Waals surface area contributed by atoms with E-state index in [0.717, 1.165) is 43.3 Å². The number of hydrogen-bond acceptors (Lipinski definition) is 4. The van der Waals surface area contributed by atoms with E-state index >= 15 is 0 Å². The highest BCUT2D eigenvalue weighted by atomic mass is 16.3. The summed E-state index contributed by atoms with van der Waals surface area (Å²) in [5, 5.41) is 17.1. The van der Waals surface area contributed by atoms with Crippen LogP contribution in [-0.2, 0) is 6.54 Å². The van der Waals surface area contributed by atoms with Crippen molar-refractivity contribution in [3.05, 3.63) is 23.8 Å². The van der Waals surface area contributed by atoms with Gasteiger partial charge in [-0.1, -0.05) is 5.21 Å². The largest absolute Gasteiger partial charge is 0.396 e. The van der Waals surface area contributed by atoms with E-state index in [1.807, 2.05) is 34.7 Å². The van der Waals surface area contributed by atoms with Crippen LogP contribution in [0.15, 0.2) is 18.2 Å². The number of hydrogen-bond donors (Lipinski definition) is 1. The molecule has 1 heterocycles. The number of rotatable bonds is 7. The first-order chi connectivity index (χ1) is 10.7. The van der Waals surface area contributed by atoms with E-state index in [0.29, 0.717) is 18.2 Å². The standard InChI is InChI=1S/C16H22N4O2/c1-2-20-15-8-5-12(11-14(15)17-18-20)16(22)19(13-6-7-13)9-3-4-10-21/h5,8,11,13,21H,2-4,6-7,9-10H2,1H3. The molecule has 0 saturated heterocycles. The summed E-state index contributed by atoms with van der Waals surface area (Å²) in [5.74, 6) is 0.0633. The maximum Gasteiger partial charge on any atom is 0.254 e. The third kappa shape index (κ3) is 2.97. The molecule has 1 aliphatic carbocycles. The van der Waals surface area contributed by atoms with Gasteiger partial charge in [0.25, 0.3) is 5.91 Å². The lowest BCUT2D eigenvalue weighted by molar-refractivity contribution is 0.0737. The van der Waals surface area contributed by atoms with Crippen LogP contribution >= 0.6 is 0 Å². The molecule has 1 fully saturated rings. The number of aliphatic hydroxyl groups excluding tert-OH is 1. The van der Waals surface area contributed by atoms with E-state index < -0.39 is 0 Å². The third-order valence-corrected chi connectivity index (χ3v) is 4.12. The number of benzene rings is 1. The number of carbonyl (C=O) groups excluding carboxylic acids is 1. The van der Waals surface area contributed by atoms with Gasteiger partial charge in [0.05, 0.1) is 5.52 Å². The molecule has 6 heteroatoms. The van der Waals surface area contributed by atoms with Crippen LogP contribution in [0, 0.1) is 0 Å². The Labute approximate surface area is 129 Å². The number of amides is 1. The lowest BCUT2D eigenvalue weighted by Crippen LogP contribution is -2.34. The highest BCUT2D eigenvalue weighted by Gasteiger charge is 2.32. The Hall–Kier alpha value is -1.95. The molecule has 0 radical (unpaired) electrons. The summed E-state index contributed by atoms with van der Waals surface area (Å²) < 4.78 is 1.82. The van der Waals surface area contributed by atoms with Crippen molar-refractivity contribution in [2.45, 2.75) is 45.2 Å². The summed E-state index contributed by atoms with van der Waals surface area (Å²) in [6.07, 6.45) is 3.74. The van der Waals surface area contributed by atoms with Gasteiger partial charge in [-0.3, -0.25) is 4.79 Å². The van der Waals surface area contributed by atoms with E-state index in [4.69, 9.17) is 5.11 Å². The molecule has 22 heavy (non-hydrogen) atoms. The second kappa shape index (κ2) is 6.44. The average molecular weight is 302 g/mol. The molecular weight excluding hydrogens is 280 g/mol. The normalized spacial score (nSPS) is 14.5. The molecule has 1 saturated carbocycles. The van der Waals surface area contributed by atoms with Crippen LogP contribution in [0.3, 0.4) is 0 Å². The van der Waals surface area contributed by atoms with Gasteiger partial charge in [-0.2, -0.15) is 0 Å². The van der Waals surface area contributed by atoms with Gasteiger partial charge in [0.2, 0.25) is 0 Å². The molecule has 118 valence electrons. The van der Waals surface area contributed by atoms with E-state index in [9.17, 15) is 4.79 Å². The number of unbranched alkanes of at least 4 members (excludes halogenated alkanes) is 1. The Morgan fingerprint density at radius 3 is 2.91 bits per heavy atom. The quantitative estimate of drug-likeness (QED) is 0.792. The maximum atomic E-state index is 12.7. The molecule has 2 aromatic rings. The third-order valence-electron chi connectivity index (χ3n) is 4.12. The molecule has 0 aliphatic heterocycles. The topological polar surface area (TPSA) is 71.2 Å². The molecule has 0 atom stereocenters. The fourth-order valence-electron chi connectivity index (χ4n) is 2.73. The maximum absolute atomic E-state index is 12.7. The van der Waals surface area contributed by atoms with Gasteiger partial charge >= 0.3 is 0 Å². The highest BCUT2D eigenvalue weighted by molar-refractivity contribution is 5.97. The lowest BCUT2D eigenvalue weighted by Gasteiger charge is -2.22. The van der Waals surface area contributed by atoms with Crippen LogP contribution in [0.25, 0.3) is 11.0 Å². The lowest BCUT2D eigenvalue weighted by atomic mass is 10.1. The summed E-state index contributed by atoms with van der Waals surface area (Å²) in [5.41, 5.74) is 2.39. The summed E-state index contributed by atoms with van der Waals surface area (Å²) in [4.78, 5) is 14.7.